The fourth-order valence-electron chi connectivity index (χ4n) is 4.07. The molecule has 168 valence electrons. The van der Waals surface area contributed by atoms with Gasteiger partial charge in [0.15, 0.2) is 0 Å². The summed E-state index contributed by atoms with van der Waals surface area (Å²) in [5.74, 6) is 0. The quantitative estimate of drug-likeness (QED) is 0.706. The second-order valence-corrected chi connectivity index (χ2v) is 7.89. The summed E-state index contributed by atoms with van der Waals surface area (Å²) in [6, 6.07) is 10.2. The number of ether oxygens (including phenoxy) is 3. The summed E-state index contributed by atoms with van der Waals surface area (Å²) in [6.45, 7) is 3.70. The minimum absolute atomic E-state index is 0.0404. The van der Waals surface area contributed by atoms with Crippen molar-refractivity contribution in [3.8, 4) is 0 Å². The maximum absolute atomic E-state index is 13.4. The Balaban J connectivity index is 1.43. The van der Waals surface area contributed by atoms with Crippen LogP contribution in [0.1, 0.15) is 40.3 Å². The molecule has 1 saturated heterocycles. The van der Waals surface area contributed by atoms with Crippen LogP contribution in [0.25, 0.3) is 0 Å². The highest BCUT2D eigenvalue weighted by atomic mass is 19.4. The molecule has 1 fully saturated rings. The van der Waals surface area contributed by atoms with Crippen molar-refractivity contribution in [1.29, 1.82) is 0 Å². The number of alkyl halides is 3. The van der Waals surface area contributed by atoms with Crippen molar-refractivity contribution in [1.82, 2.24) is 0 Å². The van der Waals surface area contributed by atoms with E-state index < -0.39 is 11.7 Å². The molecule has 0 bridgehead atoms. The van der Waals surface area contributed by atoms with Crippen LogP contribution in [-0.2, 0) is 40.2 Å². The van der Waals surface area contributed by atoms with E-state index in [1.165, 1.54) is 6.07 Å². The van der Waals surface area contributed by atoms with E-state index in [9.17, 15) is 13.2 Å². The molecule has 1 atom stereocenters. The number of nitrogens with two attached hydrogens (primary N) is 1. The predicted octanol–water partition coefficient (Wildman–Crippen LogP) is 4.18. The van der Waals surface area contributed by atoms with Gasteiger partial charge in [0.1, 0.15) is 0 Å². The highest BCUT2D eigenvalue weighted by molar-refractivity contribution is 5.52. The zero-order valence-electron chi connectivity index (χ0n) is 17.3. The number of morpholine rings is 1. The first-order valence-corrected chi connectivity index (χ1v) is 10.5. The van der Waals surface area contributed by atoms with Crippen molar-refractivity contribution in [2.75, 3.05) is 37.7 Å². The molecule has 5 nitrogen and oxygen atoms in total. The van der Waals surface area contributed by atoms with Crippen molar-refractivity contribution in [3.63, 3.8) is 0 Å². The molecule has 8 heteroatoms. The SMILES string of the molecule is NCCC1OCc2cc(COCc3cc(N4CCOCC4)cc(C(F)(F)F)c3)ccc21. The molecule has 2 heterocycles. The number of hydrogen-bond acceptors (Lipinski definition) is 5. The summed E-state index contributed by atoms with van der Waals surface area (Å²) < 4.78 is 57.1. The van der Waals surface area contributed by atoms with Gasteiger partial charge in [-0.15, -0.1) is 0 Å². The molecule has 0 spiro atoms. The predicted molar refractivity (Wildman–Crippen MR) is 111 cm³/mol. The Morgan fingerprint density at radius 1 is 1.03 bits per heavy atom. The molecule has 2 N–H and O–H groups in total. The first-order valence-electron chi connectivity index (χ1n) is 10.5. The van der Waals surface area contributed by atoms with Gasteiger partial charge in [0.05, 0.1) is 44.7 Å². The normalized spacial score (nSPS) is 19.0. The van der Waals surface area contributed by atoms with E-state index in [0.29, 0.717) is 57.3 Å². The van der Waals surface area contributed by atoms with E-state index in [-0.39, 0.29) is 12.7 Å². The topological polar surface area (TPSA) is 57.0 Å². The second-order valence-electron chi connectivity index (χ2n) is 7.89. The molecule has 1 unspecified atom stereocenters. The summed E-state index contributed by atoms with van der Waals surface area (Å²) in [4.78, 5) is 1.92. The van der Waals surface area contributed by atoms with Crippen LogP contribution in [0.5, 0.6) is 0 Å². The lowest BCUT2D eigenvalue weighted by molar-refractivity contribution is -0.137. The Morgan fingerprint density at radius 3 is 2.55 bits per heavy atom. The molecule has 2 aromatic rings. The lowest BCUT2D eigenvalue weighted by Gasteiger charge is -2.29. The Labute approximate surface area is 179 Å². The van der Waals surface area contributed by atoms with Crippen molar-refractivity contribution >= 4 is 5.69 Å². The Kier molecular flexibility index (Phi) is 6.81. The number of nitrogens with zero attached hydrogens (tertiary/aromatic N) is 1. The molecule has 2 aliphatic rings. The minimum Gasteiger partial charge on any atom is -0.378 e. The van der Waals surface area contributed by atoms with E-state index in [0.717, 1.165) is 29.2 Å². The van der Waals surface area contributed by atoms with Gasteiger partial charge < -0.3 is 24.8 Å². The van der Waals surface area contributed by atoms with Crippen LogP contribution in [0.4, 0.5) is 18.9 Å². The molecule has 4 rings (SSSR count). The summed E-state index contributed by atoms with van der Waals surface area (Å²) in [5, 5.41) is 0. The van der Waals surface area contributed by atoms with Gasteiger partial charge in [-0.2, -0.15) is 13.2 Å². The van der Waals surface area contributed by atoms with Crippen LogP contribution >= 0.6 is 0 Å². The Bertz CT molecular complexity index is 898. The van der Waals surface area contributed by atoms with Gasteiger partial charge >= 0.3 is 6.18 Å². The maximum Gasteiger partial charge on any atom is 0.416 e. The third kappa shape index (κ3) is 5.38. The van der Waals surface area contributed by atoms with Crippen molar-refractivity contribution in [2.45, 2.75) is 38.5 Å². The smallest absolute Gasteiger partial charge is 0.378 e. The lowest BCUT2D eigenvalue weighted by atomic mass is 10.0. The van der Waals surface area contributed by atoms with Crippen LogP contribution in [0, 0.1) is 0 Å². The molecule has 0 amide bonds. The average molecular weight is 436 g/mol. The first kappa shape index (κ1) is 22.1. The standard InChI is InChI=1S/C23H27F3N2O3/c24-23(25,26)19-10-17(11-20(12-19)28-5-7-29-8-6-28)14-30-13-16-1-2-21-18(9-16)15-31-22(21)3-4-27/h1-2,9-12,22H,3-8,13-15,27H2. The van der Waals surface area contributed by atoms with Crippen LogP contribution in [0.2, 0.25) is 0 Å². The third-order valence-electron chi connectivity index (χ3n) is 5.64. The third-order valence-corrected chi connectivity index (χ3v) is 5.64. The fraction of sp³-hybridized carbons (Fsp3) is 0.478. The molecular formula is C23H27F3N2O3. The highest BCUT2D eigenvalue weighted by Crippen LogP contribution is 2.35. The Morgan fingerprint density at radius 2 is 1.81 bits per heavy atom. The molecule has 0 radical (unpaired) electrons. The number of fused-ring (bicyclic) bond motifs is 1. The summed E-state index contributed by atoms with van der Waals surface area (Å²) in [6.07, 6.45) is -3.58. The number of benzene rings is 2. The second kappa shape index (κ2) is 9.56. The molecule has 2 aromatic carbocycles. The minimum atomic E-state index is -4.41. The lowest BCUT2D eigenvalue weighted by Crippen LogP contribution is -2.36. The van der Waals surface area contributed by atoms with Crippen molar-refractivity contribution < 1.29 is 27.4 Å². The van der Waals surface area contributed by atoms with Gasteiger partial charge in [-0.3, -0.25) is 0 Å². The van der Waals surface area contributed by atoms with Crippen molar-refractivity contribution in [3.05, 3.63) is 64.2 Å². The summed E-state index contributed by atoms with van der Waals surface area (Å²) >= 11 is 0. The van der Waals surface area contributed by atoms with E-state index in [2.05, 4.69) is 0 Å². The van der Waals surface area contributed by atoms with E-state index in [1.54, 1.807) is 6.07 Å². The zero-order chi connectivity index (χ0) is 21.8. The van der Waals surface area contributed by atoms with Crippen LogP contribution < -0.4 is 10.6 Å². The number of halogens is 3. The van der Waals surface area contributed by atoms with Gasteiger partial charge in [0, 0.05) is 18.8 Å². The largest absolute Gasteiger partial charge is 0.416 e. The molecule has 2 aliphatic heterocycles. The number of rotatable bonds is 7. The van der Waals surface area contributed by atoms with E-state index in [1.807, 2.05) is 23.1 Å². The molecule has 0 aliphatic carbocycles. The summed E-state index contributed by atoms with van der Waals surface area (Å²) in [7, 11) is 0. The van der Waals surface area contributed by atoms with Crippen LogP contribution in [0.3, 0.4) is 0 Å². The highest BCUT2D eigenvalue weighted by Gasteiger charge is 2.32. The molecule has 0 aromatic heterocycles. The molecule has 31 heavy (non-hydrogen) atoms. The molecular weight excluding hydrogens is 409 g/mol. The first-order chi connectivity index (χ1) is 14.9. The average Bonchev–Trinajstić information content (AvgIpc) is 3.16. The van der Waals surface area contributed by atoms with E-state index >= 15 is 0 Å². The van der Waals surface area contributed by atoms with Gasteiger partial charge in [0.2, 0.25) is 0 Å². The van der Waals surface area contributed by atoms with Gasteiger partial charge in [0.25, 0.3) is 0 Å². The van der Waals surface area contributed by atoms with Crippen LogP contribution in [0.15, 0.2) is 36.4 Å². The van der Waals surface area contributed by atoms with Gasteiger partial charge in [-0.05, 0) is 53.4 Å². The monoisotopic (exact) mass is 436 g/mol. The maximum atomic E-state index is 13.4. The van der Waals surface area contributed by atoms with Gasteiger partial charge in [-0.25, -0.2) is 0 Å². The fourth-order valence-corrected chi connectivity index (χ4v) is 4.07. The molecule has 0 saturated carbocycles. The summed E-state index contributed by atoms with van der Waals surface area (Å²) in [5.41, 5.74) is 9.27. The van der Waals surface area contributed by atoms with E-state index in [4.69, 9.17) is 19.9 Å². The van der Waals surface area contributed by atoms with Gasteiger partial charge in [-0.1, -0.05) is 18.2 Å². The van der Waals surface area contributed by atoms with Crippen LogP contribution in [-0.4, -0.2) is 32.8 Å². The Hall–Kier alpha value is -2.13. The zero-order valence-corrected chi connectivity index (χ0v) is 17.3. The number of hydrogen-bond donors (Lipinski definition) is 1. The van der Waals surface area contributed by atoms with Crippen molar-refractivity contribution in [2.24, 2.45) is 5.73 Å². The number of anilines is 1.